The number of benzene rings is 1. The Kier molecular flexibility index (Phi) is 4.55. The molecule has 0 radical (unpaired) electrons. The van der Waals surface area contributed by atoms with Gasteiger partial charge in [-0.05, 0) is 31.2 Å². The fourth-order valence-corrected chi connectivity index (χ4v) is 2.18. The maximum atomic E-state index is 9.03. The van der Waals surface area contributed by atoms with Crippen LogP contribution in [-0.2, 0) is 0 Å². The summed E-state index contributed by atoms with van der Waals surface area (Å²) in [5, 5.41) is 16.7. The summed E-state index contributed by atoms with van der Waals surface area (Å²) in [4.78, 5) is 8.63. The first kappa shape index (κ1) is 15.5. The van der Waals surface area contributed by atoms with Crippen molar-refractivity contribution in [3.63, 3.8) is 0 Å². The van der Waals surface area contributed by atoms with E-state index in [1.807, 2.05) is 25.1 Å². The lowest BCUT2D eigenvalue weighted by molar-refractivity contribution is 0.281. The molecule has 0 aliphatic heterocycles. The van der Waals surface area contributed by atoms with Gasteiger partial charge in [-0.3, -0.25) is 0 Å². The number of rotatable bonds is 5. The molecule has 2 aromatic heterocycles. The average molecular weight is 331 g/mol. The Hall–Kier alpha value is -2.44. The molecule has 3 rings (SSSR count). The fourth-order valence-electron chi connectivity index (χ4n) is 1.99. The summed E-state index contributed by atoms with van der Waals surface area (Å²) in [5.41, 5.74) is 1.50. The highest BCUT2D eigenvalue weighted by atomic mass is 35.5. The van der Waals surface area contributed by atoms with Gasteiger partial charge in [0, 0.05) is 22.8 Å². The van der Waals surface area contributed by atoms with Crippen LogP contribution in [0.25, 0.3) is 22.8 Å². The van der Waals surface area contributed by atoms with Crippen LogP contribution in [0.3, 0.4) is 0 Å². The van der Waals surface area contributed by atoms with Crippen LogP contribution >= 0.6 is 11.6 Å². The highest BCUT2D eigenvalue weighted by molar-refractivity contribution is 6.30. The summed E-state index contributed by atoms with van der Waals surface area (Å²) in [6.45, 7) is 1.90. The van der Waals surface area contributed by atoms with Crippen molar-refractivity contribution in [3.05, 3.63) is 47.6 Å². The van der Waals surface area contributed by atoms with Crippen LogP contribution in [0.15, 0.2) is 47.1 Å². The normalized spacial score (nSPS) is 12.1. The molecule has 2 N–H and O–H groups in total. The third-order valence-corrected chi connectivity index (χ3v) is 3.42. The third-order valence-electron chi connectivity index (χ3n) is 3.19. The molecule has 118 valence electrons. The first-order valence-electron chi connectivity index (χ1n) is 7.09. The smallest absolute Gasteiger partial charge is 0.259 e. The molecule has 0 aliphatic carbocycles. The topological polar surface area (TPSA) is 84.1 Å². The van der Waals surface area contributed by atoms with Crippen LogP contribution in [0.4, 0.5) is 5.82 Å². The molecule has 0 amide bonds. The number of hydrogen-bond acceptors (Lipinski definition) is 6. The van der Waals surface area contributed by atoms with E-state index in [4.69, 9.17) is 21.2 Å². The van der Waals surface area contributed by atoms with Gasteiger partial charge in [-0.1, -0.05) is 28.9 Å². The van der Waals surface area contributed by atoms with Crippen LogP contribution < -0.4 is 5.32 Å². The summed E-state index contributed by atoms with van der Waals surface area (Å²) in [5.74, 6) is 1.53. The van der Waals surface area contributed by atoms with Gasteiger partial charge in [-0.25, -0.2) is 4.98 Å². The van der Waals surface area contributed by atoms with Crippen LogP contribution in [0.5, 0.6) is 0 Å². The van der Waals surface area contributed by atoms with Gasteiger partial charge in [0.1, 0.15) is 5.82 Å². The van der Waals surface area contributed by atoms with Crippen molar-refractivity contribution in [2.24, 2.45) is 0 Å². The minimum Gasteiger partial charge on any atom is -0.394 e. The molecule has 6 nitrogen and oxygen atoms in total. The zero-order chi connectivity index (χ0) is 16.2. The van der Waals surface area contributed by atoms with E-state index in [1.54, 1.807) is 24.4 Å². The molecule has 0 saturated heterocycles. The molecule has 23 heavy (non-hydrogen) atoms. The quantitative estimate of drug-likeness (QED) is 0.747. The van der Waals surface area contributed by atoms with Gasteiger partial charge in [0.15, 0.2) is 0 Å². The third kappa shape index (κ3) is 3.67. The molecule has 0 saturated carbocycles. The highest BCUT2D eigenvalue weighted by Gasteiger charge is 2.11. The molecular formula is C16H15ClN4O2. The van der Waals surface area contributed by atoms with E-state index in [9.17, 15) is 0 Å². The Morgan fingerprint density at radius 1 is 1.26 bits per heavy atom. The Morgan fingerprint density at radius 3 is 2.83 bits per heavy atom. The molecule has 0 aliphatic rings. The van der Waals surface area contributed by atoms with Crippen LogP contribution in [0.1, 0.15) is 6.92 Å². The molecule has 0 unspecified atom stereocenters. The van der Waals surface area contributed by atoms with Crippen molar-refractivity contribution in [2.75, 3.05) is 11.9 Å². The highest BCUT2D eigenvalue weighted by Crippen LogP contribution is 2.24. The second kappa shape index (κ2) is 6.76. The maximum absolute atomic E-state index is 9.03. The van der Waals surface area contributed by atoms with E-state index < -0.39 is 0 Å². The van der Waals surface area contributed by atoms with Gasteiger partial charge in [0.05, 0.1) is 12.2 Å². The number of anilines is 1. The number of aromatic nitrogens is 3. The van der Waals surface area contributed by atoms with E-state index in [-0.39, 0.29) is 12.6 Å². The first-order chi connectivity index (χ1) is 11.2. The summed E-state index contributed by atoms with van der Waals surface area (Å²) in [6, 6.07) is 10.8. The van der Waals surface area contributed by atoms with Crippen LogP contribution in [-0.4, -0.2) is 32.9 Å². The van der Waals surface area contributed by atoms with E-state index >= 15 is 0 Å². The van der Waals surface area contributed by atoms with E-state index in [0.29, 0.717) is 28.1 Å². The molecule has 0 bridgehead atoms. The van der Waals surface area contributed by atoms with E-state index in [2.05, 4.69) is 20.4 Å². The van der Waals surface area contributed by atoms with Crippen molar-refractivity contribution in [3.8, 4) is 22.8 Å². The predicted octanol–water partition coefficient (Wildman–Crippen LogP) is 3.24. The fraction of sp³-hybridized carbons (Fsp3) is 0.188. The Labute approximate surface area is 138 Å². The van der Waals surface area contributed by atoms with Gasteiger partial charge in [0.2, 0.25) is 5.82 Å². The SMILES string of the molecule is C[C@H](CO)Nc1ccc(-c2nc(-c3cccc(Cl)c3)no2)cn1. The number of aliphatic hydroxyl groups is 1. The first-order valence-corrected chi connectivity index (χ1v) is 7.47. The van der Waals surface area contributed by atoms with E-state index in [1.165, 1.54) is 0 Å². The van der Waals surface area contributed by atoms with Crippen molar-refractivity contribution >= 4 is 17.4 Å². The van der Waals surface area contributed by atoms with Crippen molar-refractivity contribution in [1.29, 1.82) is 0 Å². The molecule has 3 aromatic rings. The van der Waals surface area contributed by atoms with Crippen molar-refractivity contribution in [2.45, 2.75) is 13.0 Å². The van der Waals surface area contributed by atoms with Crippen LogP contribution in [0.2, 0.25) is 5.02 Å². The number of nitrogens with zero attached hydrogens (tertiary/aromatic N) is 3. The average Bonchev–Trinajstić information content (AvgIpc) is 3.05. The van der Waals surface area contributed by atoms with Crippen molar-refractivity contribution < 1.29 is 9.63 Å². The molecule has 1 atom stereocenters. The molecule has 1 aromatic carbocycles. The van der Waals surface area contributed by atoms with Gasteiger partial charge < -0.3 is 14.9 Å². The second-order valence-corrected chi connectivity index (χ2v) is 5.53. The second-order valence-electron chi connectivity index (χ2n) is 5.09. The van der Waals surface area contributed by atoms with Gasteiger partial charge in [0.25, 0.3) is 5.89 Å². The number of halogens is 1. The Morgan fingerprint density at radius 2 is 2.13 bits per heavy atom. The molecular weight excluding hydrogens is 316 g/mol. The molecule has 2 heterocycles. The van der Waals surface area contributed by atoms with Gasteiger partial charge in [-0.15, -0.1) is 0 Å². The molecule has 0 spiro atoms. The summed E-state index contributed by atoms with van der Waals surface area (Å²) in [7, 11) is 0. The van der Waals surface area contributed by atoms with Gasteiger partial charge >= 0.3 is 0 Å². The lowest BCUT2D eigenvalue weighted by atomic mass is 10.2. The monoisotopic (exact) mass is 330 g/mol. The summed E-state index contributed by atoms with van der Waals surface area (Å²) >= 11 is 5.97. The van der Waals surface area contributed by atoms with Gasteiger partial charge in [-0.2, -0.15) is 4.98 Å². The molecule has 7 heteroatoms. The minimum absolute atomic E-state index is 0.0378. The number of nitrogens with one attached hydrogen (secondary N) is 1. The van der Waals surface area contributed by atoms with Crippen LogP contribution in [0, 0.1) is 0 Å². The number of pyridine rings is 1. The zero-order valence-electron chi connectivity index (χ0n) is 12.4. The zero-order valence-corrected chi connectivity index (χ0v) is 13.2. The number of hydrogen-bond donors (Lipinski definition) is 2. The lowest BCUT2D eigenvalue weighted by Gasteiger charge is -2.10. The Balaban J connectivity index is 1.80. The Bertz CT molecular complexity index is 789. The summed E-state index contributed by atoms with van der Waals surface area (Å²) < 4.78 is 5.28. The number of aliphatic hydroxyl groups excluding tert-OH is 1. The molecule has 0 fully saturated rings. The van der Waals surface area contributed by atoms with Crippen molar-refractivity contribution in [1.82, 2.24) is 15.1 Å². The van der Waals surface area contributed by atoms with E-state index in [0.717, 1.165) is 5.56 Å². The maximum Gasteiger partial charge on any atom is 0.259 e. The summed E-state index contributed by atoms with van der Waals surface area (Å²) in [6.07, 6.45) is 1.64. The lowest BCUT2D eigenvalue weighted by Crippen LogP contribution is -2.19. The minimum atomic E-state index is -0.0637. The standard InChI is InChI=1S/C16H15ClN4O2/c1-10(9-22)19-14-6-5-12(8-18-14)16-20-15(21-23-16)11-3-2-4-13(17)7-11/h2-8,10,22H,9H2,1H3,(H,18,19)/t10-/m1/s1. The predicted molar refractivity (Wildman–Crippen MR) is 88.1 cm³/mol. The largest absolute Gasteiger partial charge is 0.394 e.